The lowest BCUT2D eigenvalue weighted by Crippen LogP contribution is -2.47. The molecule has 0 amide bonds. The maximum Gasteiger partial charge on any atom is 0.169 e. The van der Waals surface area contributed by atoms with Gasteiger partial charge in [-0.15, -0.1) is 0 Å². The summed E-state index contributed by atoms with van der Waals surface area (Å²) in [4.78, 5) is 2.02. The molecule has 0 spiro atoms. The van der Waals surface area contributed by atoms with Gasteiger partial charge in [0.15, 0.2) is 9.84 Å². The van der Waals surface area contributed by atoms with Crippen LogP contribution in [0.3, 0.4) is 0 Å². The Hall–Kier alpha value is -0.720. The first-order chi connectivity index (χ1) is 9.97. The van der Waals surface area contributed by atoms with E-state index in [1.54, 1.807) is 11.8 Å². The molecule has 6 heteroatoms. The van der Waals surface area contributed by atoms with Crippen LogP contribution in [-0.4, -0.2) is 45.1 Å². The number of anilines is 1. The molecule has 0 bridgehead atoms. The van der Waals surface area contributed by atoms with Crippen LogP contribution in [-0.2, 0) is 9.84 Å². The van der Waals surface area contributed by atoms with Crippen LogP contribution < -0.4 is 10.2 Å². The Balaban J connectivity index is 2.24. The summed E-state index contributed by atoms with van der Waals surface area (Å²) in [5.74, 6) is 1.62. The first-order valence-electron chi connectivity index (χ1n) is 7.27. The first kappa shape index (κ1) is 16.6. The monoisotopic (exact) mass is 328 g/mol. The van der Waals surface area contributed by atoms with Crippen molar-refractivity contribution in [3.63, 3.8) is 0 Å². The van der Waals surface area contributed by atoms with E-state index in [1.165, 1.54) is 11.8 Å². The number of hydrogen-bond donors (Lipinski definition) is 1. The van der Waals surface area contributed by atoms with E-state index >= 15 is 0 Å². The van der Waals surface area contributed by atoms with E-state index in [4.69, 9.17) is 0 Å². The molecule has 0 saturated carbocycles. The molecule has 1 aromatic carbocycles. The average molecular weight is 329 g/mol. The van der Waals surface area contributed by atoms with Crippen molar-refractivity contribution in [3.05, 3.63) is 29.8 Å². The zero-order valence-electron chi connectivity index (χ0n) is 12.9. The normalized spacial score (nSPS) is 21.3. The number of rotatable bonds is 5. The van der Waals surface area contributed by atoms with E-state index in [2.05, 4.69) is 24.4 Å². The minimum Gasteiger partial charge on any atom is -0.353 e. The van der Waals surface area contributed by atoms with Crippen LogP contribution >= 0.6 is 11.8 Å². The molecule has 2 atom stereocenters. The molecule has 0 aromatic heterocycles. The molecule has 1 aliphatic heterocycles. The van der Waals surface area contributed by atoms with Gasteiger partial charge in [-0.1, -0.05) is 19.1 Å². The number of hydrogen-bond acceptors (Lipinski definition) is 5. The van der Waals surface area contributed by atoms with Crippen LogP contribution in [0.4, 0.5) is 5.69 Å². The van der Waals surface area contributed by atoms with Crippen LogP contribution in [0.15, 0.2) is 24.3 Å². The zero-order chi connectivity index (χ0) is 15.5. The average Bonchev–Trinajstić information content (AvgIpc) is 2.48. The van der Waals surface area contributed by atoms with E-state index in [0.717, 1.165) is 24.4 Å². The van der Waals surface area contributed by atoms with Gasteiger partial charge in [-0.3, -0.25) is 0 Å². The highest BCUT2D eigenvalue weighted by molar-refractivity contribution is 8.01. The third kappa shape index (κ3) is 3.93. The topological polar surface area (TPSA) is 49.4 Å². The Morgan fingerprint density at radius 1 is 1.38 bits per heavy atom. The van der Waals surface area contributed by atoms with Gasteiger partial charge in [0.1, 0.15) is 5.37 Å². The molecule has 4 nitrogen and oxygen atoms in total. The highest BCUT2D eigenvalue weighted by Crippen LogP contribution is 2.28. The minimum absolute atomic E-state index is 0.349. The molecule has 2 unspecified atom stereocenters. The minimum atomic E-state index is -3.07. The molecule has 1 saturated heterocycles. The van der Waals surface area contributed by atoms with Gasteiger partial charge >= 0.3 is 0 Å². The van der Waals surface area contributed by atoms with Gasteiger partial charge in [-0.25, -0.2) is 8.42 Å². The molecule has 118 valence electrons. The second-order valence-corrected chi connectivity index (χ2v) is 8.75. The maximum absolute atomic E-state index is 12.0. The molecule has 21 heavy (non-hydrogen) atoms. The smallest absolute Gasteiger partial charge is 0.169 e. The predicted molar refractivity (Wildman–Crippen MR) is 91.8 cm³/mol. The molecule has 1 N–H and O–H groups in total. The molecular formula is C15H24N2O2S2. The summed E-state index contributed by atoms with van der Waals surface area (Å²) in [6, 6.07) is 8.64. The lowest BCUT2D eigenvalue weighted by molar-refractivity contribution is 0.576. The van der Waals surface area contributed by atoms with Crippen molar-refractivity contribution in [2.24, 2.45) is 0 Å². The molecule has 1 aromatic rings. The van der Waals surface area contributed by atoms with Gasteiger partial charge < -0.3 is 10.2 Å². The van der Waals surface area contributed by atoms with Gasteiger partial charge in [0.05, 0.1) is 0 Å². The fourth-order valence-electron chi connectivity index (χ4n) is 2.74. The van der Waals surface area contributed by atoms with Gasteiger partial charge in [0, 0.05) is 36.0 Å². The van der Waals surface area contributed by atoms with Crippen molar-refractivity contribution in [1.29, 1.82) is 0 Å². The highest BCUT2D eigenvalue weighted by atomic mass is 32.2. The molecule has 0 radical (unpaired) electrons. The molecule has 1 aliphatic rings. The first-order valence-corrected chi connectivity index (χ1v) is 10.4. The van der Waals surface area contributed by atoms with Crippen LogP contribution in [0.1, 0.15) is 24.9 Å². The number of nitrogens with one attached hydrogen (secondary N) is 1. The van der Waals surface area contributed by atoms with Crippen LogP contribution in [0.5, 0.6) is 0 Å². The van der Waals surface area contributed by atoms with Crippen molar-refractivity contribution < 1.29 is 8.42 Å². The summed E-state index contributed by atoms with van der Waals surface area (Å²) in [6.45, 7) is 2.93. The molecular weight excluding hydrogens is 304 g/mol. The van der Waals surface area contributed by atoms with Gasteiger partial charge in [0.2, 0.25) is 0 Å². The van der Waals surface area contributed by atoms with Crippen molar-refractivity contribution in [2.75, 3.05) is 36.3 Å². The lowest BCUT2D eigenvalue weighted by atomic mass is 10.0. The van der Waals surface area contributed by atoms with Crippen LogP contribution in [0.25, 0.3) is 0 Å². The van der Waals surface area contributed by atoms with Crippen molar-refractivity contribution in [3.8, 4) is 0 Å². The zero-order valence-corrected chi connectivity index (χ0v) is 14.5. The second-order valence-electron chi connectivity index (χ2n) is 5.39. The van der Waals surface area contributed by atoms with Gasteiger partial charge in [0.25, 0.3) is 0 Å². The number of thioether (sulfide) groups is 1. The number of sulfone groups is 1. The molecule has 1 fully saturated rings. The Kier molecular flexibility index (Phi) is 5.57. The van der Waals surface area contributed by atoms with E-state index in [1.807, 2.05) is 24.1 Å². The lowest BCUT2D eigenvalue weighted by Gasteiger charge is -2.36. The van der Waals surface area contributed by atoms with Gasteiger partial charge in [-0.2, -0.15) is 11.8 Å². The van der Waals surface area contributed by atoms with Crippen LogP contribution in [0, 0.1) is 0 Å². The Labute approximate surface area is 132 Å². The summed E-state index contributed by atoms with van der Waals surface area (Å²) < 4.78 is 23.9. The van der Waals surface area contributed by atoms with Crippen molar-refractivity contribution in [1.82, 2.24) is 5.32 Å². The molecule has 1 heterocycles. The number of nitrogens with zero attached hydrogens (tertiary/aromatic N) is 1. The summed E-state index contributed by atoms with van der Waals surface area (Å²) in [5.41, 5.74) is 2.24. The maximum atomic E-state index is 12.0. The Morgan fingerprint density at radius 2 is 2.05 bits per heavy atom. The predicted octanol–water partition coefficient (Wildman–Crippen LogP) is 2.28. The quantitative estimate of drug-likeness (QED) is 0.899. The third-order valence-corrected chi connectivity index (χ3v) is 6.61. The fourth-order valence-corrected chi connectivity index (χ4v) is 5.58. The summed E-state index contributed by atoms with van der Waals surface area (Å²) in [5, 5.41) is 2.88. The van der Waals surface area contributed by atoms with E-state index in [-0.39, 0.29) is 0 Å². The van der Waals surface area contributed by atoms with Crippen LogP contribution in [0.2, 0.25) is 0 Å². The molecule has 2 rings (SSSR count). The van der Waals surface area contributed by atoms with E-state index in [0.29, 0.717) is 11.8 Å². The van der Waals surface area contributed by atoms with E-state index in [9.17, 15) is 8.42 Å². The molecule has 0 aliphatic carbocycles. The SMILES string of the molecule is CCC(NC)c1ccc(N2CCSCC2S(C)(=O)=O)cc1. The number of benzene rings is 1. The van der Waals surface area contributed by atoms with E-state index < -0.39 is 15.2 Å². The van der Waals surface area contributed by atoms with Gasteiger partial charge in [-0.05, 0) is 31.2 Å². The fraction of sp³-hybridized carbons (Fsp3) is 0.600. The Bertz CT molecular complexity index is 554. The highest BCUT2D eigenvalue weighted by Gasteiger charge is 2.31. The third-order valence-electron chi connectivity index (χ3n) is 3.96. The Morgan fingerprint density at radius 3 is 2.57 bits per heavy atom. The second kappa shape index (κ2) is 7.03. The van der Waals surface area contributed by atoms with Crippen molar-refractivity contribution >= 4 is 27.3 Å². The summed E-state index contributed by atoms with van der Waals surface area (Å²) in [6.07, 6.45) is 2.36. The summed E-state index contributed by atoms with van der Waals surface area (Å²) >= 11 is 1.71. The standard InChI is InChI=1S/C15H24N2O2S2/c1-4-14(16-2)12-5-7-13(8-6-12)17-9-10-20-11-15(17)21(3,18)19/h5-8,14-16H,4,9-11H2,1-3H3. The largest absolute Gasteiger partial charge is 0.353 e. The van der Waals surface area contributed by atoms with Crippen molar-refractivity contribution in [2.45, 2.75) is 24.8 Å². The summed E-state index contributed by atoms with van der Waals surface area (Å²) in [7, 11) is -1.10.